The van der Waals surface area contributed by atoms with Crippen molar-refractivity contribution in [3.63, 3.8) is 0 Å². The van der Waals surface area contributed by atoms with Gasteiger partial charge in [0.1, 0.15) is 0 Å². The van der Waals surface area contributed by atoms with Crippen molar-refractivity contribution >= 4 is 27.5 Å². The van der Waals surface area contributed by atoms with Crippen molar-refractivity contribution in [1.29, 1.82) is 0 Å². The first-order valence-electron chi connectivity index (χ1n) is 6.37. The molecule has 2 rings (SSSR count). The van der Waals surface area contributed by atoms with Crippen LogP contribution >= 0.6 is 15.9 Å². The molecule has 1 aromatic carbocycles. The number of rotatable bonds is 4. The summed E-state index contributed by atoms with van der Waals surface area (Å²) in [4.78, 5) is 11.8. The molecular formula is C14H18BrNO2. The zero-order valence-corrected chi connectivity index (χ0v) is 11.9. The fourth-order valence-corrected chi connectivity index (χ4v) is 2.56. The number of hydrogen-bond donors (Lipinski definition) is 1. The molecule has 1 aliphatic heterocycles. The van der Waals surface area contributed by atoms with Crippen molar-refractivity contribution in [3.8, 4) is 0 Å². The monoisotopic (exact) mass is 311 g/mol. The first-order valence-corrected chi connectivity index (χ1v) is 7.16. The van der Waals surface area contributed by atoms with Gasteiger partial charge in [-0.2, -0.15) is 0 Å². The molecule has 0 bridgehead atoms. The Morgan fingerprint density at radius 3 is 2.89 bits per heavy atom. The number of hydrogen-bond acceptors (Lipinski definition) is 2. The lowest BCUT2D eigenvalue weighted by Gasteiger charge is -2.21. The minimum atomic E-state index is 0.0968. The van der Waals surface area contributed by atoms with Crippen LogP contribution in [0.15, 0.2) is 28.7 Å². The molecule has 98 valence electrons. The molecule has 1 aromatic rings. The molecule has 0 aliphatic carbocycles. The van der Waals surface area contributed by atoms with Crippen LogP contribution < -0.4 is 5.32 Å². The zero-order chi connectivity index (χ0) is 12.8. The predicted octanol–water partition coefficient (Wildman–Crippen LogP) is 3.59. The zero-order valence-electron chi connectivity index (χ0n) is 10.3. The summed E-state index contributed by atoms with van der Waals surface area (Å²) < 4.78 is 6.29. The summed E-state index contributed by atoms with van der Waals surface area (Å²) in [6, 6.07) is 7.67. The minimum Gasteiger partial charge on any atom is -0.381 e. The second-order valence-electron chi connectivity index (χ2n) is 4.65. The van der Waals surface area contributed by atoms with Gasteiger partial charge < -0.3 is 10.1 Å². The van der Waals surface area contributed by atoms with Gasteiger partial charge in [0.15, 0.2) is 0 Å². The lowest BCUT2D eigenvalue weighted by molar-refractivity contribution is -0.116. The minimum absolute atomic E-state index is 0.0968. The number of nitrogens with one attached hydrogen (secondary N) is 1. The number of carbonyl (C=O) groups is 1. The average Bonchev–Trinajstić information content (AvgIpc) is 2.38. The van der Waals surface area contributed by atoms with Crippen LogP contribution in [0.25, 0.3) is 0 Å². The normalized spacial score (nSPS) is 16.5. The highest BCUT2D eigenvalue weighted by Crippen LogP contribution is 2.21. The van der Waals surface area contributed by atoms with Crippen LogP contribution in [0.1, 0.15) is 25.7 Å². The van der Waals surface area contributed by atoms with Crippen molar-refractivity contribution in [2.24, 2.45) is 5.92 Å². The number of halogens is 1. The van der Waals surface area contributed by atoms with E-state index in [1.165, 1.54) is 0 Å². The Kier molecular flexibility index (Phi) is 5.20. The van der Waals surface area contributed by atoms with Crippen molar-refractivity contribution in [1.82, 2.24) is 0 Å². The topological polar surface area (TPSA) is 38.3 Å². The summed E-state index contributed by atoms with van der Waals surface area (Å²) in [6.45, 7) is 1.69. The van der Waals surface area contributed by atoms with E-state index in [9.17, 15) is 4.79 Å². The van der Waals surface area contributed by atoms with Crippen molar-refractivity contribution in [2.45, 2.75) is 25.7 Å². The Balaban J connectivity index is 1.74. The molecule has 1 saturated heterocycles. The highest BCUT2D eigenvalue weighted by Gasteiger charge is 2.15. The molecule has 1 aliphatic rings. The molecule has 0 saturated carbocycles. The second kappa shape index (κ2) is 6.90. The molecule has 1 fully saturated rings. The number of benzene rings is 1. The van der Waals surface area contributed by atoms with Gasteiger partial charge in [0.2, 0.25) is 5.91 Å². The lowest BCUT2D eigenvalue weighted by Crippen LogP contribution is -2.18. The highest BCUT2D eigenvalue weighted by molar-refractivity contribution is 9.10. The number of amides is 1. The largest absolute Gasteiger partial charge is 0.381 e. The van der Waals surface area contributed by atoms with E-state index in [0.717, 1.165) is 42.6 Å². The average molecular weight is 312 g/mol. The quantitative estimate of drug-likeness (QED) is 0.922. The van der Waals surface area contributed by atoms with Gasteiger partial charge in [0.25, 0.3) is 0 Å². The van der Waals surface area contributed by atoms with Gasteiger partial charge in [-0.05, 0) is 43.4 Å². The third-order valence-electron chi connectivity index (χ3n) is 3.23. The van der Waals surface area contributed by atoms with E-state index in [4.69, 9.17) is 4.74 Å². The maximum Gasteiger partial charge on any atom is 0.224 e. The van der Waals surface area contributed by atoms with Crippen LogP contribution in [0.4, 0.5) is 5.69 Å². The first-order chi connectivity index (χ1) is 8.74. The van der Waals surface area contributed by atoms with Crippen molar-refractivity contribution < 1.29 is 9.53 Å². The van der Waals surface area contributed by atoms with E-state index in [-0.39, 0.29) is 5.91 Å². The Morgan fingerprint density at radius 2 is 2.17 bits per heavy atom. The third kappa shape index (κ3) is 4.42. The van der Waals surface area contributed by atoms with Crippen molar-refractivity contribution in [3.05, 3.63) is 28.7 Å². The summed E-state index contributed by atoms with van der Waals surface area (Å²) in [7, 11) is 0. The smallest absolute Gasteiger partial charge is 0.224 e. The molecule has 3 nitrogen and oxygen atoms in total. The summed E-state index contributed by atoms with van der Waals surface area (Å²) in [5, 5.41) is 2.92. The molecule has 1 amide bonds. The summed E-state index contributed by atoms with van der Waals surface area (Å²) in [6.07, 6.45) is 3.73. The van der Waals surface area contributed by atoms with E-state index in [0.29, 0.717) is 12.3 Å². The molecule has 1 N–H and O–H groups in total. The molecule has 0 atom stereocenters. The maximum absolute atomic E-state index is 11.8. The second-order valence-corrected chi connectivity index (χ2v) is 5.57. The van der Waals surface area contributed by atoms with E-state index in [1.807, 2.05) is 24.3 Å². The van der Waals surface area contributed by atoms with Crippen LogP contribution in [0.2, 0.25) is 0 Å². The molecule has 1 heterocycles. The molecule has 0 unspecified atom stereocenters. The van der Waals surface area contributed by atoms with Crippen LogP contribution in [0.5, 0.6) is 0 Å². The Bertz CT molecular complexity index is 403. The summed E-state index contributed by atoms with van der Waals surface area (Å²) in [5.41, 5.74) is 0.848. The van der Waals surface area contributed by atoms with Crippen LogP contribution in [0.3, 0.4) is 0 Å². The standard InChI is InChI=1S/C14H18BrNO2/c15-12-2-1-3-13(10-12)16-14(17)5-4-11-6-8-18-9-7-11/h1-3,10-11H,4-9H2,(H,16,17). The van der Waals surface area contributed by atoms with Gasteiger partial charge in [-0.25, -0.2) is 0 Å². The predicted molar refractivity (Wildman–Crippen MR) is 75.5 cm³/mol. The third-order valence-corrected chi connectivity index (χ3v) is 3.72. The van der Waals surface area contributed by atoms with Crippen LogP contribution in [-0.4, -0.2) is 19.1 Å². The van der Waals surface area contributed by atoms with Gasteiger partial charge in [0, 0.05) is 29.8 Å². The van der Waals surface area contributed by atoms with E-state index >= 15 is 0 Å². The number of anilines is 1. The molecule has 4 heteroatoms. The molecule has 0 aromatic heterocycles. The SMILES string of the molecule is O=C(CCC1CCOCC1)Nc1cccc(Br)c1. The van der Waals surface area contributed by atoms with Gasteiger partial charge >= 0.3 is 0 Å². The highest BCUT2D eigenvalue weighted by atomic mass is 79.9. The van der Waals surface area contributed by atoms with Gasteiger partial charge in [-0.15, -0.1) is 0 Å². The number of ether oxygens (including phenoxy) is 1. The fraction of sp³-hybridized carbons (Fsp3) is 0.500. The molecule has 18 heavy (non-hydrogen) atoms. The summed E-state index contributed by atoms with van der Waals surface area (Å²) in [5.74, 6) is 0.742. The Labute approximate surface area is 116 Å². The molecular weight excluding hydrogens is 294 g/mol. The Morgan fingerprint density at radius 1 is 1.39 bits per heavy atom. The van der Waals surface area contributed by atoms with Gasteiger partial charge in [0.05, 0.1) is 0 Å². The molecule has 0 spiro atoms. The van der Waals surface area contributed by atoms with Gasteiger partial charge in [-0.3, -0.25) is 4.79 Å². The van der Waals surface area contributed by atoms with E-state index in [2.05, 4.69) is 21.2 Å². The number of carbonyl (C=O) groups excluding carboxylic acids is 1. The Hall–Kier alpha value is -0.870. The van der Waals surface area contributed by atoms with Gasteiger partial charge in [-0.1, -0.05) is 22.0 Å². The molecule has 0 radical (unpaired) electrons. The van der Waals surface area contributed by atoms with E-state index < -0.39 is 0 Å². The fourth-order valence-electron chi connectivity index (χ4n) is 2.16. The summed E-state index contributed by atoms with van der Waals surface area (Å²) >= 11 is 3.39. The van der Waals surface area contributed by atoms with Crippen molar-refractivity contribution in [2.75, 3.05) is 18.5 Å². The first kappa shape index (κ1) is 13.6. The van der Waals surface area contributed by atoms with Crippen LogP contribution in [-0.2, 0) is 9.53 Å². The van der Waals surface area contributed by atoms with Crippen LogP contribution in [0, 0.1) is 5.92 Å². The maximum atomic E-state index is 11.8. The lowest BCUT2D eigenvalue weighted by atomic mass is 9.95. The van der Waals surface area contributed by atoms with E-state index in [1.54, 1.807) is 0 Å².